The van der Waals surface area contributed by atoms with Gasteiger partial charge in [-0.1, -0.05) is 60.2 Å². The maximum absolute atomic E-state index is 13.5. The van der Waals surface area contributed by atoms with Crippen molar-refractivity contribution in [2.45, 2.75) is 34.6 Å². The first-order chi connectivity index (χ1) is 14.4. The number of carbonyl (C=O) groups is 1. The van der Waals surface area contributed by atoms with Crippen molar-refractivity contribution >= 4 is 16.9 Å². The lowest BCUT2D eigenvalue weighted by Gasteiger charge is -2.17. The Morgan fingerprint density at radius 2 is 1.47 bits per heavy atom. The average molecular weight is 396 g/mol. The van der Waals surface area contributed by atoms with E-state index in [1.165, 1.54) is 0 Å². The van der Waals surface area contributed by atoms with Gasteiger partial charge in [-0.2, -0.15) is 0 Å². The fourth-order valence-corrected chi connectivity index (χ4v) is 4.06. The highest BCUT2D eigenvalue weighted by Gasteiger charge is 2.22. The second-order valence-electron chi connectivity index (χ2n) is 7.91. The van der Waals surface area contributed by atoms with Gasteiger partial charge < -0.3 is 4.74 Å². The van der Waals surface area contributed by atoms with E-state index in [0.29, 0.717) is 11.3 Å². The molecule has 0 radical (unpaired) electrons. The van der Waals surface area contributed by atoms with E-state index >= 15 is 0 Å². The first-order valence-corrected chi connectivity index (χ1v) is 10.1. The molecule has 0 aliphatic carbocycles. The van der Waals surface area contributed by atoms with E-state index in [-0.39, 0.29) is 5.97 Å². The number of aryl methyl sites for hydroxylation is 4. The number of benzene rings is 3. The molecule has 4 aromatic rings. The molecule has 0 bridgehead atoms. The third-order valence-corrected chi connectivity index (χ3v) is 5.52. The van der Waals surface area contributed by atoms with E-state index in [1.54, 1.807) is 0 Å². The Morgan fingerprint density at radius 1 is 0.800 bits per heavy atom. The van der Waals surface area contributed by atoms with Crippen molar-refractivity contribution in [3.63, 3.8) is 0 Å². The van der Waals surface area contributed by atoms with Crippen molar-refractivity contribution < 1.29 is 9.53 Å². The number of hydrogen-bond donors (Lipinski definition) is 0. The number of aromatic nitrogens is 1. The second kappa shape index (κ2) is 7.75. The number of pyridine rings is 1. The zero-order chi connectivity index (χ0) is 21.4. The van der Waals surface area contributed by atoms with Crippen LogP contribution in [0.5, 0.6) is 5.75 Å². The summed E-state index contributed by atoms with van der Waals surface area (Å²) in [5, 5.41) is 0.834. The number of para-hydroxylation sites is 1. The van der Waals surface area contributed by atoms with Gasteiger partial charge in [0.05, 0.1) is 16.8 Å². The van der Waals surface area contributed by atoms with Gasteiger partial charge in [0.25, 0.3) is 0 Å². The lowest BCUT2D eigenvalue weighted by atomic mass is 9.95. The van der Waals surface area contributed by atoms with Crippen LogP contribution < -0.4 is 4.74 Å². The molecule has 0 amide bonds. The summed E-state index contributed by atoms with van der Waals surface area (Å²) in [7, 11) is 0. The molecule has 0 saturated heterocycles. The minimum absolute atomic E-state index is 0.348. The summed E-state index contributed by atoms with van der Waals surface area (Å²) in [5.41, 5.74) is 8.05. The molecule has 0 fully saturated rings. The molecule has 3 heteroatoms. The van der Waals surface area contributed by atoms with Gasteiger partial charge in [0.1, 0.15) is 5.75 Å². The zero-order valence-electron chi connectivity index (χ0n) is 18.0. The summed E-state index contributed by atoms with van der Waals surface area (Å²) in [6.07, 6.45) is 0. The molecule has 0 unspecified atom stereocenters. The number of rotatable bonds is 3. The Bertz CT molecular complexity index is 1250. The lowest BCUT2D eigenvalue weighted by molar-refractivity contribution is 0.0733. The van der Waals surface area contributed by atoms with Gasteiger partial charge in [0.2, 0.25) is 0 Å². The van der Waals surface area contributed by atoms with Crippen molar-refractivity contribution in [2.24, 2.45) is 0 Å². The molecule has 0 spiro atoms. The molecular weight excluding hydrogens is 370 g/mol. The van der Waals surface area contributed by atoms with Gasteiger partial charge in [-0.25, -0.2) is 9.78 Å². The highest BCUT2D eigenvalue weighted by molar-refractivity contribution is 6.08. The van der Waals surface area contributed by atoms with Crippen LogP contribution in [0.3, 0.4) is 0 Å². The van der Waals surface area contributed by atoms with Crippen LogP contribution in [0, 0.1) is 34.6 Å². The highest BCUT2D eigenvalue weighted by atomic mass is 16.5. The maximum Gasteiger partial charge on any atom is 0.344 e. The third-order valence-electron chi connectivity index (χ3n) is 5.52. The standard InChI is InChI=1S/C27H25NO2/c1-16-14-19(4)24-22(15-16)23(20(5)25(28-24)21-12-7-6-8-13-21)27(29)30-26-17(2)10-9-11-18(26)3/h6-15H,1-5H3. The van der Waals surface area contributed by atoms with Crippen LogP contribution in [0.1, 0.15) is 38.2 Å². The van der Waals surface area contributed by atoms with Crippen LogP contribution in [-0.4, -0.2) is 11.0 Å². The van der Waals surface area contributed by atoms with Crippen LogP contribution in [0.2, 0.25) is 0 Å². The van der Waals surface area contributed by atoms with E-state index in [9.17, 15) is 4.79 Å². The normalized spacial score (nSPS) is 11.0. The van der Waals surface area contributed by atoms with E-state index < -0.39 is 0 Å². The Balaban J connectivity index is 1.97. The second-order valence-corrected chi connectivity index (χ2v) is 7.91. The molecule has 3 aromatic carbocycles. The first kappa shape index (κ1) is 19.8. The van der Waals surface area contributed by atoms with Crippen molar-refractivity contribution in [3.05, 3.63) is 94.0 Å². The topological polar surface area (TPSA) is 39.2 Å². The van der Waals surface area contributed by atoms with Crippen LogP contribution in [0.15, 0.2) is 60.7 Å². The quantitative estimate of drug-likeness (QED) is 0.287. The number of esters is 1. The van der Waals surface area contributed by atoms with Crippen molar-refractivity contribution in [3.8, 4) is 17.0 Å². The summed E-state index contributed by atoms with van der Waals surface area (Å²) in [6, 6.07) is 20.0. The molecule has 0 saturated carbocycles. The maximum atomic E-state index is 13.5. The largest absolute Gasteiger partial charge is 0.422 e. The fraction of sp³-hybridized carbons (Fsp3) is 0.185. The molecule has 0 aliphatic heterocycles. The van der Waals surface area contributed by atoms with E-state index in [2.05, 4.69) is 6.07 Å². The van der Waals surface area contributed by atoms with Crippen LogP contribution in [0.4, 0.5) is 0 Å². The van der Waals surface area contributed by atoms with Gasteiger partial charge >= 0.3 is 5.97 Å². The minimum Gasteiger partial charge on any atom is -0.422 e. The first-order valence-electron chi connectivity index (χ1n) is 10.1. The Kier molecular flexibility index (Phi) is 5.13. The Morgan fingerprint density at radius 3 is 2.13 bits per heavy atom. The summed E-state index contributed by atoms with van der Waals surface area (Å²) in [4.78, 5) is 18.5. The summed E-state index contributed by atoms with van der Waals surface area (Å²) in [6.45, 7) is 9.93. The van der Waals surface area contributed by atoms with Gasteiger partial charge in [-0.3, -0.25) is 0 Å². The number of nitrogens with zero attached hydrogens (tertiary/aromatic N) is 1. The molecule has 0 N–H and O–H groups in total. The molecular formula is C27H25NO2. The van der Waals surface area contributed by atoms with Crippen LogP contribution >= 0.6 is 0 Å². The van der Waals surface area contributed by atoms with Gasteiger partial charge in [0.15, 0.2) is 0 Å². The van der Waals surface area contributed by atoms with Crippen LogP contribution in [-0.2, 0) is 0 Å². The average Bonchev–Trinajstić information content (AvgIpc) is 2.71. The SMILES string of the molecule is Cc1cc(C)c2nc(-c3ccccc3)c(C)c(C(=O)Oc3c(C)cccc3C)c2c1. The minimum atomic E-state index is -0.348. The number of carbonyl (C=O) groups excluding carboxylic acids is 1. The highest BCUT2D eigenvalue weighted by Crippen LogP contribution is 2.33. The van der Waals surface area contributed by atoms with Crippen molar-refractivity contribution in [2.75, 3.05) is 0 Å². The molecule has 1 heterocycles. The molecule has 4 rings (SSSR count). The number of fused-ring (bicyclic) bond motifs is 1. The smallest absolute Gasteiger partial charge is 0.344 e. The zero-order valence-corrected chi connectivity index (χ0v) is 18.0. The predicted molar refractivity (Wildman–Crippen MR) is 122 cm³/mol. The van der Waals surface area contributed by atoms with Crippen molar-refractivity contribution in [1.29, 1.82) is 0 Å². The molecule has 0 aliphatic rings. The number of hydrogen-bond acceptors (Lipinski definition) is 3. The molecule has 1 aromatic heterocycles. The van der Waals surface area contributed by atoms with Gasteiger partial charge in [-0.05, 0) is 62.9 Å². The van der Waals surface area contributed by atoms with E-state index in [1.807, 2.05) is 89.2 Å². The molecule has 3 nitrogen and oxygen atoms in total. The van der Waals surface area contributed by atoms with Crippen LogP contribution in [0.25, 0.3) is 22.2 Å². The third kappa shape index (κ3) is 3.48. The van der Waals surface area contributed by atoms with Gasteiger partial charge in [0, 0.05) is 10.9 Å². The molecule has 30 heavy (non-hydrogen) atoms. The predicted octanol–water partition coefficient (Wildman–Crippen LogP) is 6.66. The molecule has 0 atom stereocenters. The summed E-state index contributed by atoms with van der Waals surface area (Å²) in [5.74, 6) is 0.275. The summed E-state index contributed by atoms with van der Waals surface area (Å²) >= 11 is 0. The summed E-state index contributed by atoms with van der Waals surface area (Å²) < 4.78 is 5.95. The van der Waals surface area contributed by atoms with Gasteiger partial charge in [-0.15, -0.1) is 0 Å². The monoisotopic (exact) mass is 395 g/mol. The Hall–Kier alpha value is -3.46. The Labute approximate surface area is 177 Å². The lowest BCUT2D eigenvalue weighted by Crippen LogP contribution is -2.14. The molecule has 150 valence electrons. The van der Waals surface area contributed by atoms with Crippen molar-refractivity contribution in [1.82, 2.24) is 4.98 Å². The van der Waals surface area contributed by atoms with E-state index in [4.69, 9.17) is 9.72 Å². The van der Waals surface area contributed by atoms with E-state index in [0.717, 1.165) is 50.0 Å². The number of ether oxygens (including phenoxy) is 1. The fourth-order valence-electron chi connectivity index (χ4n) is 4.06.